The van der Waals surface area contributed by atoms with Gasteiger partial charge in [-0.05, 0) is 48.6 Å². The molecule has 0 radical (unpaired) electrons. The van der Waals surface area contributed by atoms with Gasteiger partial charge >= 0.3 is 5.97 Å². The Balaban J connectivity index is 2.13. The maximum absolute atomic E-state index is 11.7. The number of carboxylic acid groups (broad SMARTS) is 1. The number of rotatable bonds is 4. The quantitative estimate of drug-likeness (QED) is 0.670. The largest absolute Gasteiger partial charge is 0.477 e. The van der Waals surface area contributed by atoms with E-state index in [1.165, 1.54) is 11.8 Å². The molecule has 2 aromatic rings. The Morgan fingerprint density at radius 1 is 1.15 bits per heavy atom. The number of thioether (sulfide) groups is 1. The number of hydrogen-bond donors (Lipinski definition) is 1. The van der Waals surface area contributed by atoms with Crippen LogP contribution in [0.25, 0.3) is 0 Å². The van der Waals surface area contributed by atoms with Crippen molar-refractivity contribution in [2.75, 3.05) is 11.3 Å². The lowest BCUT2D eigenvalue weighted by atomic mass is 9.97. The first-order valence-corrected chi connectivity index (χ1v) is 10.2. The van der Waals surface area contributed by atoms with Crippen molar-refractivity contribution >= 4 is 63.9 Å². The highest BCUT2D eigenvalue weighted by Crippen LogP contribution is 2.41. The predicted octanol–water partition coefficient (Wildman–Crippen LogP) is 5.77. The highest BCUT2D eigenvalue weighted by atomic mass is 35.5. The van der Waals surface area contributed by atoms with E-state index in [0.717, 1.165) is 5.56 Å². The third kappa shape index (κ3) is 3.96. The lowest BCUT2D eigenvalue weighted by molar-refractivity contribution is -0.129. The summed E-state index contributed by atoms with van der Waals surface area (Å²) in [5, 5.41) is 17.0. The topological polar surface area (TPSA) is 52.9 Å². The highest BCUT2D eigenvalue weighted by Gasteiger charge is 2.36. The summed E-state index contributed by atoms with van der Waals surface area (Å²) >= 11 is 19.8. The molecule has 2 aromatic carbocycles. The number of hydrogen-bond acceptors (Lipinski definition) is 4. The molecule has 0 saturated carbocycles. The van der Waals surface area contributed by atoms with Gasteiger partial charge in [-0.1, -0.05) is 46.9 Å². The van der Waals surface area contributed by atoms with E-state index in [1.54, 1.807) is 23.2 Å². The molecule has 0 spiro atoms. The number of anilines is 1. The molecule has 0 aliphatic carbocycles. The van der Waals surface area contributed by atoms with Crippen LogP contribution < -0.4 is 5.01 Å². The second kappa shape index (κ2) is 8.09. The van der Waals surface area contributed by atoms with Crippen LogP contribution in [0.3, 0.4) is 0 Å². The number of benzene rings is 2. The number of halogens is 3. The first kappa shape index (κ1) is 19.4. The van der Waals surface area contributed by atoms with Crippen molar-refractivity contribution in [3.05, 3.63) is 63.1 Å². The molecule has 1 aliphatic rings. The number of nitrogens with zero attached hydrogens (tertiary/aromatic N) is 2. The average molecular weight is 430 g/mol. The second-order valence-corrected chi connectivity index (χ2v) is 8.08. The van der Waals surface area contributed by atoms with Gasteiger partial charge in [0.25, 0.3) is 0 Å². The van der Waals surface area contributed by atoms with Crippen LogP contribution in [0, 0.1) is 0 Å². The Kier molecular flexibility index (Phi) is 6.03. The van der Waals surface area contributed by atoms with E-state index in [4.69, 9.17) is 34.8 Å². The molecular weight excluding hydrogens is 415 g/mol. The van der Waals surface area contributed by atoms with Crippen LogP contribution in [0.5, 0.6) is 0 Å². The molecule has 1 unspecified atom stereocenters. The van der Waals surface area contributed by atoms with Gasteiger partial charge in [0, 0.05) is 10.0 Å². The van der Waals surface area contributed by atoms with E-state index < -0.39 is 5.97 Å². The molecule has 1 heterocycles. The van der Waals surface area contributed by atoms with Crippen LogP contribution in [0.4, 0.5) is 5.69 Å². The Bertz CT molecular complexity index is 858. The van der Waals surface area contributed by atoms with Gasteiger partial charge in [0.2, 0.25) is 0 Å². The fourth-order valence-electron chi connectivity index (χ4n) is 2.90. The Morgan fingerprint density at radius 3 is 2.38 bits per heavy atom. The van der Waals surface area contributed by atoms with Crippen LogP contribution in [0.1, 0.15) is 18.0 Å². The second-order valence-electron chi connectivity index (χ2n) is 5.76. The van der Waals surface area contributed by atoms with Gasteiger partial charge in [0.05, 0.1) is 22.0 Å². The van der Waals surface area contributed by atoms with Crippen molar-refractivity contribution in [2.45, 2.75) is 17.7 Å². The van der Waals surface area contributed by atoms with E-state index in [2.05, 4.69) is 5.10 Å². The lowest BCUT2D eigenvalue weighted by Crippen LogP contribution is -2.40. The van der Waals surface area contributed by atoms with Crippen molar-refractivity contribution in [1.82, 2.24) is 0 Å². The van der Waals surface area contributed by atoms with E-state index >= 15 is 0 Å². The molecule has 4 nitrogen and oxygen atoms in total. The molecule has 3 rings (SSSR count). The van der Waals surface area contributed by atoms with Crippen LogP contribution in [0.15, 0.2) is 47.6 Å². The van der Waals surface area contributed by atoms with Gasteiger partial charge in [-0.25, -0.2) is 4.79 Å². The monoisotopic (exact) mass is 428 g/mol. The minimum Gasteiger partial charge on any atom is -0.477 e. The molecule has 0 amide bonds. The molecule has 0 aromatic heterocycles. The summed E-state index contributed by atoms with van der Waals surface area (Å²) < 4.78 is 0. The maximum atomic E-state index is 11.7. The maximum Gasteiger partial charge on any atom is 0.353 e. The van der Waals surface area contributed by atoms with Gasteiger partial charge in [-0.15, -0.1) is 0 Å². The van der Waals surface area contributed by atoms with Crippen LogP contribution in [-0.2, 0) is 4.79 Å². The minimum absolute atomic E-state index is 0.105. The smallest absolute Gasteiger partial charge is 0.353 e. The molecule has 0 saturated heterocycles. The van der Waals surface area contributed by atoms with Crippen LogP contribution in [-0.4, -0.2) is 28.3 Å². The molecule has 0 bridgehead atoms. The van der Waals surface area contributed by atoms with Crippen molar-refractivity contribution < 1.29 is 9.90 Å². The molecular formula is C18H15Cl3N2O2S. The van der Waals surface area contributed by atoms with E-state index in [1.807, 2.05) is 30.5 Å². The Morgan fingerprint density at radius 2 is 1.81 bits per heavy atom. The summed E-state index contributed by atoms with van der Waals surface area (Å²) in [4.78, 5) is 11.7. The van der Waals surface area contributed by atoms with Gasteiger partial charge in [0.15, 0.2) is 5.71 Å². The molecule has 0 fully saturated rings. The minimum atomic E-state index is -1.03. The predicted molar refractivity (Wildman–Crippen MR) is 110 cm³/mol. The molecule has 26 heavy (non-hydrogen) atoms. The third-order valence-corrected chi connectivity index (χ3v) is 5.94. The average Bonchev–Trinajstić information content (AvgIpc) is 2.61. The summed E-state index contributed by atoms with van der Waals surface area (Å²) in [6, 6.07) is 12.4. The molecule has 2 atom stereocenters. The molecule has 1 N–H and O–H groups in total. The summed E-state index contributed by atoms with van der Waals surface area (Å²) in [7, 11) is 0. The number of carboxylic acids is 1. The van der Waals surface area contributed by atoms with Gasteiger partial charge in [-0.2, -0.15) is 16.9 Å². The van der Waals surface area contributed by atoms with Crippen LogP contribution in [0.2, 0.25) is 15.1 Å². The van der Waals surface area contributed by atoms with Crippen molar-refractivity contribution in [2.24, 2.45) is 5.10 Å². The number of hydrazone groups is 1. The van der Waals surface area contributed by atoms with Crippen LogP contribution >= 0.6 is 46.6 Å². The summed E-state index contributed by atoms with van der Waals surface area (Å²) in [6.45, 7) is 0. The fraction of sp³-hybridized carbons (Fsp3) is 0.222. The summed E-state index contributed by atoms with van der Waals surface area (Å²) in [6.07, 6.45) is 2.46. The molecule has 8 heteroatoms. The standard InChI is InChI=1S/C18H15Cl3N2O2S/c1-26-16-9-15(10-2-4-11(19)5-3-10)23(22-17(16)18(24)25)14-7-6-12(20)8-13(14)21/h2-8,15-16H,9H2,1H3,(H,24,25)/t15-,16?/m0/s1. The number of aliphatic carboxylic acids is 1. The van der Waals surface area contributed by atoms with Crippen molar-refractivity contribution in [3.8, 4) is 0 Å². The first-order valence-electron chi connectivity index (χ1n) is 7.75. The van der Waals surface area contributed by atoms with E-state index in [-0.39, 0.29) is 17.0 Å². The Labute approximate surface area is 170 Å². The number of carbonyl (C=O) groups is 1. The zero-order chi connectivity index (χ0) is 18.8. The zero-order valence-corrected chi connectivity index (χ0v) is 16.8. The molecule has 1 aliphatic heterocycles. The highest BCUT2D eigenvalue weighted by molar-refractivity contribution is 8.00. The summed E-state index contributed by atoms with van der Waals surface area (Å²) in [5.74, 6) is -1.03. The van der Waals surface area contributed by atoms with E-state index in [9.17, 15) is 9.90 Å². The lowest BCUT2D eigenvalue weighted by Gasteiger charge is -2.37. The van der Waals surface area contributed by atoms with Crippen molar-refractivity contribution in [3.63, 3.8) is 0 Å². The summed E-state index contributed by atoms with van der Waals surface area (Å²) in [5.41, 5.74) is 1.69. The normalized spacial score (nSPS) is 20.0. The van der Waals surface area contributed by atoms with Gasteiger partial charge in [-0.3, -0.25) is 5.01 Å². The van der Waals surface area contributed by atoms with Gasteiger partial charge in [0.1, 0.15) is 0 Å². The fourth-order valence-corrected chi connectivity index (χ4v) is 4.27. The van der Waals surface area contributed by atoms with Gasteiger partial charge < -0.3 is 5.11 Å². The first-order chi connectivity index (χ1) is 12.4. The SMILES string of the molecule is CSC1C[C@@H](c2ccc(Cl)cc2)N(c2ccc(Cl)cc2Cl)N=C1C(=O)O. The third-order valence-electron chi connectivity index (χ3n) is 4.17. The van der Waals surface area contributed by atoms with E-state index in [0.29, 0.717) is 27.2 Å². The molecule has 136 valence electrons. The Hall–Kier alpha value is -1.40. The van der Waals surface area contributed by atoms with Crippen molar-refractivity contribution in [1.29, 1.82) is 0 Å². The zero-order valence-electron chi connectivity index (χ0n) is 13.7.